The summed E-state index contributed by atoms with van der Waals surface area (Å²) in [5.74, 6) is 0. The van der Waals surface area contributed by atoms with Crippen LogP contribution in [0.2, 0.25) is 0 Å². The molecule has 0 saturated heterocycles. The summed E-state index contributed by atoms with van der Waals surface area (Å²) >= 11 is 0. The van der Waals surface area contributed by atoms with E-state index >= 15 is 0 Å². The van der Waals surface area contributed by atoms with Crippen molar-refractivity contribution in [2.45, 2.75) is 57.0 Å². The number of hydrogen-bond acceptors (Lipinski definition) is 2. The van der Waals surface area contributed by atoms with Gasteiger partial charge in [-0.05, 0) is 46.8 Å². The lowest BCUT2D eigenvalue weighted by Crippen LogP contribution is -2.56. The van der Waals surface area contributed by atoms with Gasteiger partial charge in [-0.3, -0.25) is 0 Å². The molecule has 1 atom stereocenters. The van der Waals surface area contributed by atoms with E-state index in [0.717, 1.165) is 12.8 Å². The van der Waals surface area contributed by atoms with E-state index in [9.17, 15) is 0 Å². The van der Waals surface area contributed by atoms with Gasteiger partial charge in [0.15, 0.2) is 0 Å². The van der Waals surface area contributed by atoms with Crippen molar-refractivity contribution < 1.29 is 0 Å². The molecule has 1 unspecified atom stereocenters. The second-order valence-corrected chi connectivity index (χ2v) is 5.35. The highest BCUT2D eigenvalue weighted by Crippen LogP contribution is 2.38. The van der Waals surface area contributed by atoms with Crippen molar-refractivity contribution in [3.8, 4) is 0 Å². The highest BCUT2D eigenvalue weighted by atomic mass is 15.2. The maximum atomic E-state index is 4.16. The topological polar surface area (TPSA) is 15.3 Å². The van der Waals surface area contributed by atoms with Gasteiger partial charge < -0.3 is 10.2 Å². The van der Waals surface area contributed by atoms with E-state index in [-0.39, 0.29) is 0 Å². The molecule has 0 spiro atoms. The molecule has 0 aromatic rings. The van der Waals surface area contributed by atoms with Gasteiger partial charge in [0.05, 0.1) is 0 Å². The maximum absolute atomic E-state index is 4.16. The van der Waals surface area contributed by atoms with Gasteiger partial charge in [0, 0.05) is 11.6 Å². The molecule has 0 radical (unpaired) electrons. The van der Waals surface area contributed by atoms with E-state index in [1.165, 1.54) is 31.3 Å². The van der Waals surface area contributed by atoms with Gasteiger partial charge in [0.25, 0.3) is 0 Å². The first-order valence-electron chi connectivity index (χ1n) is 6.58. The Kier molecular flexibility index (Phi) is 5.00. The SMILES string of the molecule is C=C(CC)CC(NC)C1(N(C)C)CCCC1. The van der Waals surface area contributed by atoms with E-state index in [1.54, 1.807) is 0 Å². The molecule has 16 heavy (non-hydrogen) atoms. The second-order valence-electron chi connectivity index (χ2n) is 5.35. The molecule has 1 aliphatic rings. The number of hydrogen-bond donors (Lipinski definition) is 1. The van der Waals surface area contributed by atoms with Crippen molar-refractivity contribution in [2.24, 2.45) is 0 Å². The summed E-state index contributed by atoms with van der Waals surface area (Å²) in [6, 6.07) is 0.553. The molecule has 2 nitrogen and oxygen atoms in total. The molecule has 0 aromatic heterocycles. The Morgan fingerprint density at radius 2 is 1.94 bits per heavy atom. The van der Waals surface area contributed by atoms with Gasteiger partial charge in [0.2, 0.25) is 0 Å². The van der Waals surface area contributed by atoms with E-state index < -0.39 is 0 Å². The van der Waals surface area contributed by atoms with Crippen LogP contribution in [0.3, 0.4) is 0 Å². The third-order valence-corrected chi connectivity index (χ3v) is 4.35. The first kappa shape index (κ1) is 13.7. The molecule has 0 aromatic carbocycles. The molecule has 0 heterocycles. The van der Waals surface area contributed by atoms with Crippen LogP contribution >= 0.6 is 0 Å². The molecule has 94 valence electrons. The molecule has 1 fully saturated rings. The number of nitrogens with one attached hydrogen (secondary N) is 1. The van der Waals surface area contributed by atoms with Crippen molar-refractivity contribution in [3.63, 3.8) is 0 Å². The normalized spacial score (nSPS) is 21.3. The van der Waals surface area contributed by atoms with Crippen LogP contribution in [0.4, 0.5) is 0 Å². The molecule has 1 saturated carbocycles. The summed E-state index contributed by atoms with van der Waals surface area (Å²) in [4.78, 5) is 2.43. The largest absolute Gasteiger partial charge is 0.315 e. The highest BCUT2D eigenvalue weighted by Gasteiger charge is 2.42. The zero-order valence-corrected chi connectivity index (χ0v) is 11.5. The summed E-state index contributed by atoms with van der Waals surface area (Å²) in [5.41, 5.74) is 1.72. The van der Waals surface area contributed by atoms with Gasteiger partial charge in [-0.2, -0.15) is 0 Å². The monoisotopic (exact) mass is 224 g/mol. The van der Waals surface area contributed by atoms with Gasteiger partial charge in [-0.25, -0.2) is 0 Å². The molecular formula is C14H28N2. The molecule has 1 rings (SSSR count). The van der Waals surface area contributed by atoms with Crippen LogP contribution < -0.4 is 5.32 Å². The lowest BCUT2D eigenvalue weighted by atomic mass is 9.83. The second kappa shape index (κ2) is 5.83. The van der Waals surface area contributed by atoms with Crippen LogP contribution in [-0.4, -0.2) is 37.6 Å². The van der Waals surface area contributed by atoms with Crippen LogP contribution in [0, 0.1) is 0 Å². The van der Waals surface area contributed by atoms with Gasteiger partial charge in [-0.1, -0.05) is 31.9 Å². The highest BCUT2D eigenvalue weighted by molar-refractivity contribution is 5.08. The molecule has 2 heteroatoms. The van der Waals surface area contributed by atoms with Gasteiger partial charge in [-0.15, -0.1) is 0 Å². The van der Waals surface area contributed by atoms with Crippen LogP contribution in [0.25, 0.3) is 0 Å². The van der Waals surface area contributed by atoms with Crippen molar-refractivity contribution in [3.05, 3.63) is 12.2 Å². The summed E-state index contributed by atoms with van der Waals surface area (Å²) < 4.78 is 0. The Labute approximate surface area is 101 Å². The lowest BCUT2D eigenvalue weighted by Gasteiger charge is -2.43. The predicted octanol–water partition coefficient (Wildman–Crippen LogP) is 2.81. The van der Waals surface area contributed by atoms with E-state index in [0.29, 0.717) is 11.6 Å². The minimum Gasteiger partial charge on any atom is -0.315 e. The summed E-state index contributed by atoms with van der Waals surface area (Å²) in [6.45, 7) is 6.36. The van der Waals surface area contributed by atoms with Crippen LogP contribution in [-0.2, 0) is 0 Å². The van der Waals surface area contributed by atoms with Crippen molar-refractivity contribution in [1.82, 2.24) is 10.2 Å². The summed E-state index contributed by atoms with van der Waals surface area (Å²) in [5, 5.41) is 3.53. The lowest BCUT2D eigenvalue weighted by molar-refractivity contribution is 0.108. The predicted molar refractivity (Wildman–Crippen MR) is 71.8 cm³/mol. The number of likely N-dealkylation sites (N-methyl/N-ethyl adjacent to an activating group) is 2. The Hall–Kier alpha value is -0.340. The average molecular weight is 224 g/mol. The fraction of sp³-hybridized carbons (Fsp3) is 0.857. The van der Waals surface area contributed by atoms with Crippen LogP contribution in [0.1, 0.15) is 45.4 Å². The Bertz CT molecular complexity index is 227. The quantitative estimate of drug-likeness (QED) is 0.698. The van der Waals surface area contributed by atoms with E-state index in [2.05, 4.69) is 44.9 Å². The Balaban J connectivity index is 2.78. The fourth-order valence-corrected chi connectivity index (χ4v) is 3.09. The summed E-state index contributed by atoms with van der Waals surface area (Å²) in [6.07, 6.45) is 7.60. The molecule has 0 aliphatic heterocycles. The minimum absolute atomic E-state index is 0.354. The van der Waals surface area contributed by atoms with Crippen molar-refractivity contribution in [1.29, 1.82) is 0 Å². The van der Waals surface area contributed by atoms with Gasteiger partial charge >= 0.3 is 0 Å². The zero-order chi connectivity index (χ0) is 12.2. The van der Waals surface area contributed by atoms with Gasteiger partial charge in [0.1, 0.15) is 0 Å². The standard InChI is InChI=1S/C14H28N2/c1-6-12(2)11-13(15-3)14(16(4)5)9-7-8-10-14/h13,15H,2,6-11H2,1,3-5H3. The first-order chi connectivity index (χ1) is 7.56. The molecule has 0 bridgehead atoms. The third kappa shape index (κ3) is 2.67. The average Bonchev–Trinajstić information content (AvgIpc) is 2.75. The zero-order valence-electron chi connectivity index (χ0n) is 11.5. The Morgan fingerprint density at radius 3 is 2.31 bits per heavy atom. The maximum Gasteiger partial charge on any atom is 0.0359 e. The molecule has 0 amide bonds. The summed E-state index contributed by atoms with van der Waals surface area (Å²) in [7, 11) is 6.55. The Morgan fingerprint density at radius 1 is 1.38 bits per heavy atom. The fourth-order valence-electron chi connectivity index (χ4n) is 3.09. The van der Waals surface area contributed by atoms with E-state index in [4.69, 9.17) is 0 Å². The number of nitrogens with zero attached hydrogens (tertiary/aromatic N) is 1. The van der Waals surface area contributed by atoms with Crippen LogP contribution in [0.15, 0.2) is 12.2 Å². The minimum atomic E-state index is 0.354. The van der Waals surface area contributed by atoms with Crippen molar-refractivity contribution >= 4 is 0 Å². The number of rotatable bonds is 6. The van der Waals surface area contributed by atoms with Crippen molar-refractivity contribution in [2.75, 3.05) is 21.1 Å². The molecule has 1 N–H and O–H groups in total. The molecule has 1 aliphatic carbocycles. The first-order valence-corrected chi connectivity index (χ1v) is 6.58. The smallest absolute Gasteiger partial charge is 0.0359 e. The molecular weight excluding hydrogens is 196 g/mol. The van der Waals surface area contributed by atoms with E-state index in [1.807, 2.05) is 0 Å². The third-order valence-electron chi connectivity index (χ3n) is 4.35. The van der Waals surface area contributed by atoms with Crippen LogP contribution in [0.5, 0.6) is 0 Å².